The van der Waals surface area contributed by atoms with Gasteiger partial charge in [-0.25, -0.2) is 0 Å². The van der Waals surface area contributed by atoms with Gasteiger partial charge < -0.3 is 22.9 Å². The van der Waals surface area contributed by atoms with Gasteiger partial charge in [-0.1, -0.05) is 12.8 Å². The normalized spacial score (nSPS) is 24.6. The molecule has 1 fully saturated rings. The predicted molar refractivity (Wildman–Crippen MR) is 70.1 cm³/mol. The van der Waals surface area contributed by atoms with Gasteiger partial charge in [0.2, 0.25) is 0 Å². The summed E-state index contributed by atoms with van der Waals surface area (Å²) in [6, 6.07) is 0.562. The van der Waals surface area contributed by atoms with Crippen molar-refractivity contribution in [1.29, 1.82) is 0 Å². The van der Waals surface area contributed by atoms with E-state index in [-0.39, 0.29) is 12.1 Å². The molecule has 0 aliphatic heterocycles. The molecule has 0 aromatic heterocycles. The minimum atomic E-state index is -1.79. The van der Waals surface area contributed by atoms with E-state index in [0.29, 0.717) is 13.1 Å². The number of hydrogen-bond acceptors (Lipinski definition) is 4. The zero-order valence-electron chi connectivity index (χ0n) is 9.14. The molecule has 8 heteroatoms. The molecule has 0 heterocycles. The fraction of sp³-hybridized carbons (Fsp3) is 1.00. The summed E-state index contributed by atoms with van der Waals surface area (Å²) < 4.78 is 0. The summed E-state index contributed by atoms with van der Waals surface area (Å²) in [5.41, 5.74) is 21.1. The average Bonchev–Trinajstić information content (AvgIpc) is 2.22. The first-order valence-electron chi connectivity index (χ1n) is 4.97. The van der Waals surface area contributed by atoms with Crippen LogP contribution in [0.25, 0.3) is 0 Å². The van der Waals surface area contributed by atoms with Gasteiger partial charge in [0.1, 0.15) is 0 Å². The third kappa shape index (κ3) is 17.8. The number of hydrogen-bond donors (Lipinski definition) is 4. The Labute approximate surface area is 116 Å². The molecule has 16 heavy (non-hydrogen) atoms. The Balaban J connectivity index is 0. The topological polar surface area (TPSA) is 104 Å². The van der Waals surface area contributed by atoms with Gasteiger partial charge >= 0.3 is 42.8 Å². The number of nitrogens with two attached hydrogens (primary N) is 4. The van der Waals surface area contributed by atoms with Crippen LogP contribution >= 0.6 is 27.6 Å². The van der Waals surface area contributed by atoms with Crippen molar-refractivity contribution in [3.05, 3.63) is 0 Å². The Morgan fingerprint density at radius 1 is 0.875 bits per heavy atom. The molecule has 0 amide bonds. The quantitative estimate of drug-likeness (QED) is 0.426. The van der Waals surface area contributed by atoms with E-state index >= 15 is 0 Å². The molecule has 4 nitrogen and oxygen atoms in total. The first kappa shape index (κ1) is 19.8. The van der Waals surface area contributed by atoms with E-state index in [2.05, 4.69) is 0 Å². The molecule has 0 bridgehead atoms. The van der Waals surface area contributed by atoms with Crippen LogP contribution in [0.1, 0.15) is 25.7 Å². The van der Waals surface area contributed by atoms with Gasteiger partial charge in [0, 0.05) is 25.2 Å². The van der Waals surface area contributed by atoms with Gasteiger partial charge in [-0.05, 0) is 12.8 Å². The monoisotopic (exact) mass is 476 g/mol. The van der Waals surface area contributed by atoms with Crippen LogP contribution in [0, 0.1) is 0 Å². The van der Waals surface area contributed by atoms with Crippen molar-refractivity contribution in [2.45, 2.75) is 37.8 Å². The first-order chi connectivity index (χ1) is 7.45. The van der Waals surface area contributed by atoms with Crippen molar-refractivity contribution < 1.29 is 15.2 Å². The second-order valence-electron chi connectivity index (χ2n) is 3.32. The van der Waals surface area contributed by atoms with Crippen molar-refractivity contribution in [3.8, 4) is 0 Å². The van der Waals surface area contributed by atoms with Crippen LogP contribution in [0.4, 0.5) is 0 Å². The second-order valence-corrected chi connectivity index (χ2v) is 12.7. The molecule has 1 rings (SSSR count). The van der Waals surface area contributed by atoms with Gasteiger partial charge in [-0.15, -0.1) is 0 Å². The van der Waals surface area contributed by atoms with Crippen molar-refractivity contribution in [2.75, 3.05) is 13.1 Å². The molecular weight excluding hydrogens is 455 g/mol. The van der Waals surface area contributed by atoms with Crippen molar-refractivity contribution in [2.24, 2.45) is 22.9 Å². The van der Waals surface area contributed by atoms with Crippen molar-refractivity contribution in [3.63, 3.8) is 0 Å². The van der Waals surface area contributed by atoms with E-state index in [1.165, 1.54) is 12.8 Å². The van der Waals surface area contributed by atoms with Gasteiger partial charge in [0.05, 0.1) is 0 Å². The Hall–Kier alpha value is 1.45. The molecule has 0 spiro atoms. The molecule has 8 N–H and O–H groups in total. The van der Waals surface area contributed by atoms with Gasteiger partial charge in [-0.3, -0.25) is 0 Å². The van der Waals surface area contributed by atoms with Crippen molar-refractivity contribution >= 4 is 27.6 Å². The van der Waals surface area contributed by atoms with Gasteiger partial charge in [0.25, 0.3) is 0 Å². The van der Waals surface area contributed by atoms with Gasteiger partial charge in [0.15, 0.2) is 0 Å². The Kier molecular flexibility index (Phi) is 17.9. The summed E-state index contributed by atoms with van der Waals surface area (Å²) in [5, 5.41) is 0. The van der Waals surface area contributed by atoms with E-state index in [4.69, 9.17) is 50.5 Å². The van der Waals surface area contributed by atoms with E-state index in [1.807, 2.05) is 0 Å². The molecule has 1 aliphatic rings. The van der Waals surface area contributed by atoms with E-state index in [9.17, 15) is 0 Å². The van der Waals surface area contributed by atoms with E-state index < -0.39 is 15.2 Å². The van der Waals surface area contributed by atoms with Crippen LogP contribution in [0.2, 0.25) is 0 Å². The van der Waals surface area contributed by atoms with Crippen molar-refractivity contribution in [1.82, 2.24) is 0 Å². The summed E-state index contributed by atoms with van der Waals surface area (Å²) in [5.74, 6) is 0. The molecule has 106 valence electrons. The predicted octanol–water partition coefficient (Wildman–Crippen LogP) is 1.18. The maximum atomic E-state index is 5.65. The first-order valence-corrected chi connectivity index (χ1v) is 13.0. The fourth-order valence-electron chi connectivity index (χ4n) is 1.19. The molecule has 0 aromatic carbocycles. The van der Waals surface area contributed by atoms with Crippen LogP contribution in [0.3, 0.4) is 0 Å². The SMILES string of the molecule is NCCN.N[C@@H]1CCCC[C@@H]1N.[Cl][Au]([Cl])[Cl]. The van der Waals surface area contributed by atoms with Crippen LogP contribution in [0.5, 0.6) is 0 Å². The fourth-order valence-corrected chi connectivity index (χ4v) is 1.19. The van der Waals surface area contributed by atoms with E-state index in [1.54, 1.807) is 0 Å². The number of rotatable bonds is 1. The zero-order chi connectivity index (χ0) is 13.0. The summed E-state index contributed by atoms with van der Waals surface area (Å²) in [4.78, 5) is 0. The second kappa shape index (κ2) is 14.5. The summed E-state index contributed by atoms with van der Waals surface area (Å²) in [6.45, 7) is 1.19. The summed E-state index contributed by atoms with van der Waals surface area (Å²) >= 11 is -1.79. The third-order valence-corrected chi connectivity index (χ3v) is 2.04. The van der Waals surface area contributed by atoms with Crippen LogP contribution in [-0.4, -0.2) is 25.2 Å². The standard InChI is InChI=1S/C6H14N2.C2H8N2.Au.3ClH/c7-5-3-1-2-4-6(5)8;3-1-2-4;;;;/h5-6H,1-4,7-8H2;1-4H2;;3*1H/q;;+3;;;/p-3/t5-,6+;;;;;. The molecule has 1 saturated carbocycles. The Bertz CT molecular complexity index is 128. The van der Waals surface area contributed by atoms with E-state index in [0.717, 1.165) is 12.8 Å². The molecule has 0 aromatic rings. The zero-order valence-corrected chi connectivity index (χ0v) is 13.6. The molecule has 1 aliphatic carbocycles. The van der Waals surface area contributed by atoms with Crippen LogP contribution < -0.4 is 22.9 Å². The van der Waals surface area contributed by atoms with Gasteiger partial charge in [-0.2, -0.15) is 0 Å². The van der Waals surface area contributed by atoms with Crippen LogP contribution in [-0.2, 0) is 15.2 Å². The molecule has 0 radical (unpaired) electrons. The minimum absolute atomic E-state index is 0.281. The summed E-state index contributed by atoms with van der Waals surface area (Å²) in [7, 11) is 14.9. The summed E-state index contributed by atoms with van der Waals surface area (Å²) in [6.07, 6.45) is 4.80. The molecule has 0 saturated heterocycles. The molecular formula is C8H22AuCl3N4. The molecule has 0 unspecified atom stereocenters. The Morgan fingerprint density at radius 2 is 1.12 bits per heavy atom. The average molecular weight is 478 g/mol. The maximum absolute atomic E-state index is 5.65. The number of halogens is 3. The van der Waals surface area contributed by atoms with Crippen LogP contribution in [0.15, 0.2) is 0 Å². The Morgan fingerprint density at radius 3 is 1.25 bits per heavy atom. The third-order valence-electron chi connectivity index (χ3n) is 2.04. The molecule has 2 atom stereocenters.